The van der Waals surface area contributed by atoms with E-state index in [2.05, 4.69) is 10.1 Å². The minimum absolute atomic E-state index is 0.100. The molecule has 88 valence electrons. The molecule has 2 N–H and O–H groups in total. The Kier molecular flexibility index (Phi) is 3.89. The first kappa shape index (κ1) is 12.2. The maximum atomic E-state index is 11.5. The van der Waals surface area contributed by atoms with Gasteiger partial charge in [0.15, 0.2) is 0 Å². The van der Waals surface area contributed by atoms with Crippen LogP contribution in [-0.4, -0.2) is 51.6 Å². The van der Waals surface area contributed by atoms with Crippen LogP contribution in [0.4, 0.5) is 4.79 Å². The number of carbonyl (C=O) groups is 1. The summed E-state index contributed by atoms with van der Waals surface area (Å²) in [7, 11) is -2.35. The Morgan fingerprint density at radius 3 is 2.60 bits per heavy atom. The Morgan fingerprint density at radius 1 is 1.60 bits per heavy atom. The molecule has 0 atom stereocenters. The summed E-state index contributed by atoms with van der Waals surface area (Å²) in [5.74, 6) is 0. The van der Waals surface area contributed by atoms with Crippen molar-refractivity contribution in [2.45, 2.75) is 13.0 Å². The fourth-order valence-corrected chi connectivity index (χ4v) is 2.02. The summed E-state index contributed by atoms with van der Waals surface area (Å²) >= 11 is 0. The summed E-state index contributed by atoms with van der Waals surface area (Å²) in [6.07, 6.45) is -0.948. The van der Waals surface area contributed by atoms with Crippen molar-refractivity contribution < 1.29 is 17.9 Å². The summed E-state index contributed by atoms with van der Waals surface area (Å²) in [5, 5.41) is 2.94. The highest BCUT2D eigenvalue weighted by Gasteiger charge is 2.31. The van der Waals surface area contributed by atoms with E-state index in [4.69, 9.17) is 0 Å². The van der Waals surface area contributed by atoms with Crippen LogP contribution in [0.1, 0.15) is 6.92 Å². The zero-order valence-corrected chi connectivity index (χ0v) is 9.50. The number of hydrogen-bond donors (Lipinski definition) is 2. The van der Waals surface area contributed by atoms with Gasteiger partial charge in [0.1, 0.15) is 0 Å². The molecule has 1 amide bonds. The third-order valence-corrected chi connectivity index (χ3v) is 3.62. The highest BCUT2D eigenvalue weighted by molar-refractivity contribution is 7.87. The van der Waals surface area contributed by atoms with Crippen molar-refractivity contribution in [3.05, 3.63) is 0 Å². The number of nitrogens with zero attached hydrogens (tertiary/aromatic N) is 1. The lowest BCUT2D eigenvalue weighted by Gasteiger charge is -2.34. The van der Waals surface area contributed by atoms with Gasteiger partial charge in [0, 0.05) is 20.1 Å². The molecule has 1 aliphatic heterocycles. The van der Waals surface area contributed by atoms with Gasteiger partial charge in [-0.3, -0.25) is 0 Å². The van der Waals surface area contributed by atoms with Crippen molar-refractivity contribution in [3.63, 3.8) is 0 Å². The lowest BCUT2D eigenvalue weighted by Crippen LogP contribution is -2.59. The SMILES string of the molecule is CCOC(=O)NS(=O)(=O)N(C)C1CNC1. The molecule has 0 saturated carbocycles. The van der Waals surface area contributed by atoms with E-state index in [1.54, 1.807) is 6.92 Å². The lowest BCUT2D eigenvalue weighted by atomic mass is 10.2. The van der Waals surface area contributed by atoms with Crippen LogP contribution < -0.4 is 10.0 Å². The van der Waals surface area contributed by atoms with Crippen LogP contribution in [0.2, 0.25) is 0 Å². The number of likely N-dealkylation sites (N-methyl/N-ethyl adjacent to an activating group) is 1. The standard InChI is InChI=1S/C7H15N3O4S/c1-3-14-7(11)9-15(12,13)10(2)6-4-8-5-6/h6,8H,3-5H2,1-2H3,(H,9,11). The Hall–Kier alpha value is -0.860. The van der Waals surface area contributed by atoms with Crippen LogP contribution >= 0.6 is 0 Å². The first-order valence-corrected chi connectivity index (χ1v) is 6.04. The molecule has 0 aromatic heterocycles. The van der Waals surface area contributed by atoms with E-state index >= 15 is 0 Å². The second kappa shape index (κ2) is 4.77. The topological polar surface area (TPSA) is 87.7 Å². The van der Waals surface area contributed by atoms with Gasteiger partial charge < -0.3 is 10.1 Å². The molecular formula is C7H15N3O4S. The van der Waals surface area contributed by atoms with E-state index in [1.807, 2.05) is 4.72 Å². The Bertz CT molecular complexity index is 325. The summed E-state index contributed by atoms with van der Waals surface area (Å²) in [6.45, 7) is 2.93. The largest absolute Gasteiger partial charge is 0.449 e. The molecule has 0 aliphatic carbocycles. The molecule has 0 bridgehead atoms. The summed E-state index contributed by atoms with van der Waals surface area (Å²) < 4.78 is 30.5. The molecule has 15 heavy (non-hydrogen) atoms. The van der Waals surface area contributed by atoms with E-state index in [0.29, 0.717) is 13.1 Å². The molecule has 1 aliphatic rings. The molecule has 1 heterocycles. The number of rotatable bonds is 4. The summed E-state index contributed by atoms with van der Waals surface area (Å²) in [4.78, 5) is 10.9. The number of hydrogen-bond acceptors (Lipinski definition) is 5. The van der Waals surface area contributed by atoms with Crippen molar-refractivity contribution in [2.75, 3.05) is 26.7 Å². The van der Waals surface area contributed by atoms with Crippen molar-refractivity contribution in [1.29, 1.82) is 0 Å². The summed E-state index contributed by atoms with van der Waals surface area (Å²) in [6, 6.07) is -0.100. The van der Waals surface area contributed by atoms with Crippen molar-refractivity contribution >= 4 is 16.3 Å². The molecule has 0 aromatic rings. The van der Waals surface area contributed by atoms with Gasteiger partial charge in [0.25, 0.3) is 0 Å². The average Bonchev–Trinajstić information content (AvgIpc) is 1.99. The van der Waals surface area contributed by atoms with Gasteiger partial charge in [-0.2, -0.15) is 12.7 Å². The molecule has 1 rings (SSSR count). The highest BCUT2D eigenvalue weighted by atomic mass is 32.2. The van der Waals surface area contributed by atoms with Gasteiger partial charge in [-0.25, -0.2) is 9.52 Å². The molecule has 1 saturated heterocycles. The number of amides is 1. The fourth-order valence-electron chi connectivity index (χ4n) is 1.06. The minimum atomic E-state index is -3.77. The van der Waals surface area contributed by atoms with Crippen LogP contribution in [0.15, 0.2) is 0 Å². The molecule has 1 fully saturated rings. The Balaban J connectivity index is 2.53. The molecule has 0 unspecified atom stereocenters. The van der Waals surface area contributed by atoms with E-state index in [-0.39, 0.29) is 12.6 Å². The first-order chi connectivity index (χ1) is 6.97. The van der Waals surface area contributed by atoms with Crippen molar-refractivity contribution in [3.8, 4) is 0 Å². The number of nitrogens with one attached hydrogen (secondary N) is 2. The van der Waals surface area contributed by atoms with E-state index in [0.717, 1.165) is 4.31 Å². The second-order valence-corrected chi connectivity index (χ2v) is 4.89. The van der Waals surface area contributed by atoms with E-state index in [9.17, 15) is 13.2 Å². The van der Waals surface area contributed by atoms with Crippen LogP contribution in [0.3, 0.4) is 0 Å². The van der Waals surface area contributed by atoms with Gasteiger partial charge in [-0.05, 0) is 6.92 Å². The first-order valence-electron chi connectivity index (χ1n) is 4.60. The maximum absolute atomic E-state index is 11.5. The smallest absolute Gasteiger partial charge is 0.421 e. The molecule has 0 spiro atoms. The van der Waals surface area contributed by atoms with Gasteiger partial charge in [0.2, 0.25) is 0 Å². The van der Waals surface area contributed by atoms with Gasteiger partial charge in [-0.1, -0.05) is 0 Å². The van der Waals surface area contributed by atoms with Crippen LogP contribution in [0.25, 0.3) is 0 Å². The summed E-state index contributed by atoms with van der Waals surface area (Å²) in [5.41, 5.74) is 0. The molecule has 0 aromatic carbocycles. The van der Waals surface area contributed by atoms with Gasteiger partial charge >= 0.3 is 16.3 Å². The Morgan fingerprint density at radius 2 is 2.20 bits per heavy atom. The Labute approximate surface area is 89.0 Å². The molecular weight excluding hydrogens is 222 g/mol. The van der Waals surface area contributed by atoms with Crippen LogP contribution in [0, 0.1) is 0 Å². The predicted octanol–water partition coefficient (Wildman–Crippen LogP) is -1.12. The van der Waals surface area contributed by atoms with Crippen molar-refractivity contribution in [2.24, 2.45) is 0 Å². The highest BCUT2D eigenvalue weighted by Crippen LogP contribution is 2.06. The second-order valence-electron chi connectivity index (χ2n) is 3.16. The number of ether oxygens (including phenoxy) is 1. The van der Waals surface area contributed by atoms with E-state index < -0.39 is 16.3 Å². The third-order valence-electron chi connectivity index (χ3n) is 2.14. The quantitative estimate of drug-likeness (QED) is 0.646. The van der Waals surface area contributed by atoms with E-state index in [1.165, 1.54) is 7.05 Å². The molecule has 7 nitrogen and oxygen atoms in total. The van der Waals surface area contributed by atoms with Crippen molar-refractivity contribution in [1.82, 2.24) is 14.3 Å². The lowest BCUT2D eigenvalue weighted by molar-refractivity contribution is 0.157. The normalized spacial score (nSPS) is 17.3. The van der Waals surface area contributed by atoms with Gasteiger partial charge in [-0.15, -0.1) is 0 Å². The molecule has 8 heteroatoms. The zero-order valence-electron chi connectivity index (χ0n) is 8.69. The van der Waals surface area contributed by atoms with Crippen LogP contribution in [-0.2, 0) is 14.9 Å². The zero-order chi connectivity index (χ0) is 11.5. The van der Waals surface area contributed by atoms with Crippen LogP contribution in [0.5, 0.6) is 0 Å². The average molecular weight is 237 g/mol. The number of carbonyl (C=O) groups excluding carboxylic acids is 1. The maximum Gasteiger partial charge on any atom is 0.421 e. The minimum Gasteiger partial charge on any atom is -0.449 e. The van der Waals surface area contributed by atoms with Gasteiger partial charge in [0.05, 0.1) is 12.6 Å². The third kappa shape index (κ3) is 3.05. The predicted molar refractivity (Wildman–Crippen MR) is 53.5 cm³/mol. The fraction of sp³-hybridized carbons (Fsp3) is 0.857. The molecule has 0 radical (unpaired) electrons. The monoisotopic (exact) mass is 237 g/mol.